The molecule has 0 aliphatic carbocycles. The molecule has 4 aliphatic heterocycles. The average Bonchev–Trinajstić information content (AvgIpc) is 3.13. The molecular formula is C26H35N5O5. The molecule has 0 spiro atoms. The van der Waals surface area contributed by atoms with E-state index in [1.165, 1.54) is 19.4 Å². The first kappa shape index (κ1) is 24.9. The van der Waals surface area contributed by atoms with Gasteiger partial charge in [-0.2, -0.15) is 0 Å². The zero-order chi connectivity index (χ0) is 25.1. The van der Waals surface area contributed by atoms with Gasteiger partial charge in [-0.15, -0.1) is 0 Å². The van der Waals surface area contributed by atoms with Crippen LogP contribution in [0.4, 0.5) is 0 Å². The lowest BCUT2D eigenvalue weighted by Crippen LogP contribution is -2.54. The molecule has 36 heavy (non-hydrogen) atoms. The number of amides is 4. The lowest BCUT2D eigenvalue weighted by atomic mass is 9.97. The lowest BCUT2D eigenvalue weighted by molar-refractivity contribution is -0.136. The summed E-state index contributed by atoms with van der Waals surface area (Å²) in [5.74, 6) is -0.650. The second-order valence-electron chi connectivity index (χ2n) is 10.2. The summed E-state index contributed by atoms with van der Waals surface area (Å²) in [5, 5.41) is 5.65. The van der Waals surface area contributed by atoms with Crippen LogP contribution < -0.4 is 15.4 Å². The second-order valence-corrected chi connectivity index (χ2v) is 10.2. The number of nitrogens with one attached hydrogen (secondary N) is 2. The fourth-order valence-electron chi connectivity index (χ4n) is 5.64. The van der Waals surface area contributed by atoms with Gasteiger partial charge < -0.3 is 19.9 Å². The minimum atomic E-state index is -0.959. The van der Waals surface area contributed by atoms with Crippen LogP contribution in [-0.2, 0) is 9.59 Å². The Morgan fingerprint density at radius 3 is 2.36 bits per heavy atom. The first-order chi connectivity index (χ1) is 17.5. The van der Waals surface area contributed by atoms with Crippen molar-refractivity contribution in [3.8, 4) is 5.75 Å². The van der Waals surface area contributed by atoms with Crippen molar-refractivity contribution in [1.29, 1.82) is 0 Å². The number of hydrogen-bond acceptors (Lipinski definition) is 8. The third kappa shape index (κ3) is 5.45. The highest BCUT2D eigenvalue weighted by Gasteiger charge is 2.44. The molecule has 3 fully saturated rings. The first-order valence-corrected chi connectivity index (χ1v) is 13.1. The van der Waals surface area contributed by atoms with E-state index >= 15 is 0 Å². The van der Waals surface area contributed by atoms with Crippen molar-refractivity contribution in [2.75, 3.05) is 59.0 Å². The minimum Gasteiger partial charge on any atom is -0.494 e. The van der Waals surface area contributed by atoms with Gasteiger partial charge in [0.1, 0.15) is 11.8 Å². The molecule has 0 bridgehead atoms. The van der Waals surface area contributed by atoms with Crippen molar-refractivity contribution in [3.05, 3.63) is 29.3 Å². The monoisotopic (exact) mass is 497 g/mol. The van der Waals surface area contributed by atoms with E-state index in [0.29, 0.717) is 12.4 Å². The number of piperidine rings is 2. The number of benzene rings is 1. The van der Waals surface area contributed by atoms with Gasteiger partial charge in [0.25, 0.3) is 11.8 Å². The molecule has 4 aliphatic rings. The van der Waals surface area contributed by atoms with E-state index in [1.807, 2.05) is 0 Å². The van der Waals surface area contributed by atoms with Crippen LogP contribution in [0.3, 0.4) is 0 Å². The zero-order valence-electron chi connectivity index (χ0n) is 20.7. The third-order valence-corrected chi connectivity index (χ3v) is 7.74. The van der Waals surface area contributed by atoms with Crippen molar-refractivity contribution >= 4 is 23.6 Å². The van der Waals surface area contributed by atoms with E-state index in [-0.39, 0.29) is 29.9 Å². The summed E-state index contributed by atoms with van der Waals surface area (Å²) in [4.78, 5) is 55.4. The summed E-state index contributed by atoms with van der Waals surface area (Å²) in [5.41, 5.74) is 0.506. The molecule has 4 heterocycles. The summed E-state index contributed by atoms with van der Waals surface area (Å²) in [6, 6.07) is 3.90. The predicted molar refractivity (Wildman–Crippen MR) is 132 cm³/mol. The smallest absolute Gasteiger partial charge is 0.262 e. The summed E-state index contributed by atoms with van der Waals surface area (Å²) in [6.45, 7) is 9.41. The van der Waals surface area contributed by atoms with Gasteiger partial charge in [-0.25, -0.2) is 0 Å². The SMILES string of the molecule is O=C1CCC(N2C(=O)c3ccc(OCCCN4CCN(CC5CCNCC5)CC4)cc3C2=O)C(=O)N1. The summed E-state index contributed by atoms with van der Waals surface area (Å²) in [6.07, 6.45) is 3.70. The molecule has 1 atom stereocenters. The molecule has 10 heteroatoms. The molecule has 5 rings (SSSR count). The van der Waals surface area contributed by atoms with Crippen molar-refractivity contribution in [1.82, 2.24) is 25.3 Å². The first-order valence-electron chi connectivity index (χ1n) is 13.1. The van der Waals surface area contributed by atoms with E-state index in [1.54, 1.807) is 18.2 Å². The van der Waals surface area contributed by atoms with Gasteiger partial charge in [-0.1, -0.05) is 0 Å². The summed E-state index contributed by atoms with van der Waals surface area (Å²) >= 11 is 0. The Balaban J connectivity index is 1.06. The Labute approximate surface area is 211 Å². The van der Waals surface area contributed by atoms with Crippen LogP contribution in [0.5, 0.6) is 5.75 Å². The maximum Gasteiger partial charge on any atom is 0.262 e. The van der Waals surface area contributed by atoms with Crippen molar-refractivity contribution in [2.24, 2.45) is 5.92 Å². The van der Waals surface area contributed by atoms with Crippen LogP contribution in [0, 0.1) is 5.92 Å². The molecule has 0 aromatic heterocycles. The molecule has 1 unspecified atom stereocenters. The molecule has 10 nitrogen and oxygen atoms in total. The van der Waals surface area contributed by atoms with Gasteiger partial charge in [0.2, 0.25) is 11.8 Å². The molecule has 1 aromatic carbocycles. The van der Waals surface area contributed by atoms with E-state index < -0.39 is 23.8 Å². The average molecular weight is 498 g/mol. The highest BCUT2D eigenvalue weighted by molar-refractivity contribution is 6.23. The number of ether oxygens (including phenoxy) is 1. The Morgan fingerprint density at radius 2 is 1.61 bits per heavy atom. The van der Waals surface area contributed by atoms with Gasteiger partial charge in [0.05, 0.1) is 17.7 Å². The number of hydrogen-bond donors (Lipinski definition) is 2. The number of rotatable bonds is 8. The standard InChI is InChI=1S/C26H35N5O5/c32-23-5-4-22(24(33)28-23)31-25(34)20-3-2-19(16-21(20)26(31)35)36-15-1-10-29-11-13-30(14-12-29)17-18-6-8-27-9-7-18/h2-3,16,18,22,27H,1,4-15,17H2,(H,28,32,33). The van der Waals surface area contributed by atoms with Gasteiger partial charge in [0.15, 0.2) is 0 Å². The molecule has 3 saturated heterocycles. The Morgan fingerprint density at radius 1 is 0.889 bits per heavy atom. The molecular weight excluding hydrogens is 462 g/mol. The Hall–Kier alpha value is -2.82. The van der Waals surface area contributed by atoms with Crippen LogP contribution in [0.25, 0.3) is 0 Å². The maximum absolute atomic E-state index is 12.9. The third-order valence-electron chi connectivity index (χ3n) is 7.74. The number of piperazine rings is 1. The van der Waals surface area contributed by atoms with E-state index in [2.05, 4.69) is 20.4 Å². The van der Waals surface area contributed by atoms with Gasteiger partial charge in [-0.3, -0.25) is 29.4 Å². The quantitative estimate of drug-likeness (QED) is 0.394. The number of imide groups is 2. The van der Waals surface area contributed by atoms with Gasteiger partial charge in [0, 0.05) is 45.7 Å². The maximum atomic E-state index is 12.9. The summed E-state index contributed by atoms with van der Waals surface area (Å²) in [7, 11) is 0. The fourth-order valence-corrected chi connectivity index (χ4v) is 5.64. The second kappa shape index (κ2) is 11.1. The van der Waals surface area contributed by atoms with Crippen molar-refractivity contribution in [3.63, 3.8) is 0 Å². The largest absolute Gasteiger partial charge is 0.494 e. The van der Waals surface area contributed by atoms with Crippen LogP contribution in [0.2, 0.25) is 0 Å². The number of fused-ring (bicyclic) bond motifs is 1. The van der Waals surface area contributed by atoms with Crippen molar-refractivity contribution in [2.45, 2.75) is 38.1 Å². The molecule has 1 aromatic rings. The van der Waals surface area contributed by atoms with Crippen LogP contribution in [-0.4, -0.2) is 103 Å². The molecule has 2 N–H and O–H groups in total. The summed E-state index contributed by atoms with van der Waals surface area (Å²) < 4.78 is 5.89. The topological polar surface area (TPSA) is 111 Å². The minimum absolute atomic E-state index is 0.103. The van der Waals surface area contributed by atoms with Crippen molar-refractivity contribution < 1.29 is 23.9 Å². The van der Waals surface area contributed by atoms with Crippen LogP contribution in [0.15, 0.2) is 18.2 Å². The normalized spacial score (nSPS) is 24.2. The van der Waals surface area contributed by atoms with Gasteiger partial charge >= 0.3 is 0 Å². The molecule has 194 valence electrons. The Bertz CT molecular complexity index is 1020. The molecule has 0 saturated carbocycles. The van der Waals surface area contributed by atoms with E-state index in [4.69, 9.17) is 4.74 Å². The van der Waals surface area contributed by atoms with E-state index in [0.717, 1.165) is 63.1 Å². The highest BCUT2D eigenvalue weighted by Crippen LogP contribution is 2.30. The Kier molecular flexibility index (Phi) is 7.64. The fraction of sp³-hybridized carbons (Fsp3) is 0.615. The number of carbonyl (C=O) groups excluding carboxylic acids is 4. The molecule has 0 radical (unpaired) electrons. The van der Waals surface area contributed by atoms with Gasteiger partial charge in [-0.05, 0) is 62.9 Å². The zero-order valence-corrected chi connectivity index (χ0v) is 20.7. The number of carbonyl (C=O) groups is 4. The number of nitrogens with zero attached hydrogens (tertiary/aromatic N) is 3. The molecule has 4 amide bonds. The van der Waals surface area contributed by atoms with E-state index in [9.17, 15) is 19.2 Å². The predicted octanol–water partition coefficient (Wildman–Crippen LogP) is 0.474. The lowest BCUT2D eigenvalue weighted by Gasteiger charge is -2.37. The van der Waals surface area contributed by atoms with Crippen LogP contribution in [0.1, 0.15) is 52.8 Å². The highest BCUT2D eigenvalue weighted by atomic mass is 16.5. The van der Waals surface area contributed by atoms with Crippen LogP contribution >= 0.6 is 0 Å².